The minimum absolute atomic E-state index is 0.0389. The van der Waals surface area contributed by atoms with Gasteiger partial charge in [-0.1, -0.05) is 18.2 Å². The molecular formula is C13H17N5O2. The van der Waals surface area contributed by atoms with Crippen molar-refractivity contribution in [2.24, 2.45) is 0 Å². The lowest BCUT2D eigenvalue weighted by Crippen LogP contribution is -2.21. The molecule has 0 amide bonds. The predicted octanol–water partition coefficient (Wildman–Crippen LogP) is 0.723. The van der Waals surface area contributed by atoms with Crippen LogP contribution in [0, 0.1) is 0 Å². The third-order valence-electron chi connectivity index (χ3n) is 2.93. The minimum atomic E-state index is -1.06. The van der Waals surface area contributed by atoms with E-state index in [0.29, 0.717) is 19.6 Å². The van der Waals surface area contributed by atoms with Crippen molar-refractivity contribution < 1.29 is 9.90 Å². The van der Waals surface area contributed by atoms with Gasteiger partial charge in [0.2, 0.25) is 0 Å². The van der Waals surface area contributed by atoms with Crippen molar-refractivity contribution in [2.75, 3.05) is 6.54 Å². The summed E-state index contributed by atoms with van der Waals surface area (Å²) in [6.07, 6.45) is 4.16. The molecule has 2 rings (SSSR count). The summed E-state index contributed by atoms with van der Waals surface area (Å²) < 4.78 is 1.51. The number of aryl methyl sites for hydroxylation is 1. The van der Waals surface area contributed by atoms with E-state index >= 15 is 0 Å². The van der Waals surface area contributed by atoms with Gasteiger partial charge in [-0.3, -0.25) is 9.67 Å². The molecule has 0 radical (unpaired) electrons. The van der Waals surface area contributed by atoms with Gasteiger partial charge in [-0.05, 0) is 18.1 Å². The SMILES string of the molecule is CCc1cccnc1CNCCn1cc(C(=O)O)nn1. The first kappa shape index (κ1) is 14.1. The number of carboxylic acid groups (broad SMARTS) is 1. The molecule has 0 aromatic carbocycles. The number of aromatic carboxylic acids is 1. The van der Waals surface area contributed by atoms with E-state index in [1.54, 1.807) is 6.20 Å². The van der Waals surface area contributed by atoms with E-state index in [1.807, 2.05) is 6.07 Å². The van der Waals surface area contributed by atoms with Crippen LogP contribution in [0.25, 0.3) is 0 Å². The van der Waals surface area contributed by atoms with Crippen LogP contribution in [0.1, 0.15) is 28.7 Å². The molecule has 0 atom stereocenters. The van der Waals surface area contributed by atoms with Crippen molar-refractivity contribution in [3.8, 4) is 0 Å². The molecule has 2 aromatic rings. The first-order valence-corrected chi connectivity index (χ1v) is 6.47. The summed E-state index contributed by atoms with van der Waals surface area (Å²) in [6.45, 7) is 4.02. The quantitative estimate of drug-likeness (QED) is 0.723. The summed E-state index contributed by atoms with van der Waals surface area (Å²) in [7, 11) is 0. The molecule has 0 bridgehead atoms. The first-order valence-electron chi connectivity index (χ1n) is 6.47. The molecule has 0 saturated heterocycles. The Bertz CT molecular complexity index is 582. The standard InChI is InChI=1S/C13H17N5O2/c1-2-10-4-3-5-15-11(10)8-14-6-7-18-9-12(13(19)20)16-17-18/h3-5,9,14H,2,6-8H2,1H3,(H,19,20). The Morgan fingerprint density at radius 1 is 1.50 bits per heavy atom. The predicted molar refractivity (Wildman–Crippen MR) is 72.3 cm³/mol. The highest BCUT2D eigenvalue weighted by atomic mass is 16.4. The molecule has 0 aliphatic heterocycles. The lowest BCUT2D eigenvalue weighted by atomic mass is 10.1. The van der Waals surface area contributed by atoms with E-state index in [-0.39, 0.29) is 5.69 Å². The highest BCUT2D eigenvalue weighted by molar-refractivity contribution is 5.84. The van der Waals surface area contributed by atoms with Crippen molar-refractivity contribution in [3.63, 3.8) is 0 Å². The normalized spacial score (nSPS) is 10.7. The number of nitrogens with one attached hydrogen (secondary N) is 1. The van der Waals surface area contributed by atoms with E-state index in [9.17, 15) is 4.79 Å². The number of hydrogen-bond donors (Lipinski definition) is 2. The van der Waals surface area contributed by atoms with E-state index in [1.165, 1.54) is 16.4 Å². The number of hydrogen-bond acceptors (Lipinski definition) is 5. The molecular weight excluding hydrogens is 258 g/mol. The third kappa shape index (κ3) is 3.61. The summed E-state index contributed by atoms with van der Waals surface area (Å²) in [5, 5.41) is 19.3. The van der Waals surface area contributed by atoms with Crippen LogP contribution in [-0.4, -0.2) is 37.6 Å². The van der Waals surface area contributed by atoms with Gasteiger partial charge in [0.1, 0.15) is 0 Å². The van der Waals surface area contributed by atoms with Crippen LogP contribution in [0.2, 0.25) is 0 Å². The number of pyridine rings is 1. The average molecular weight is 275 g/mol. The van der Waals surface area contributed by atoms with Gasteiger partial charge >= 0.3 is 5.97 Å². The fourth-order valence-corrected chi connectivity index (χ4v) is 1.86. The summed E-state index contributed by atoms with van der Waals surface area (Å²) in [5.41, 5.74) is 2.23. The minimum Gasteiger partial charge on any atom is -0.476 e. The number of carboxylic acids is 1. The van der Waals surface area contributed by atoms with E-state index < -0.39 is 5.97 Å². The van der Waals surface area contributed by atoms with Crippen molar-refractivity contribution in [3.05, 3.63) is 41.5 Å². The number of rotatable bonds is 7. The maximum Gasteiger partial charge on any atom is 0.358 e. The van der Waals surface area contributed by atoms with Crippen molar-refractivity contribution in [2.45, 2.75) is 26.4 Å². The van der Waals surface area contributed by atoms with Gasteiger partial charge in [-0.15, -0.1) is 5.10 Å². The van der Waals surface area contributed by atoms with Gasteiger partial charge in [-0.2, -0.15) is 0 Å². The molecule has 106 valence electrons. The van der Waals surface area contributed by atoms with Crippen molar-refractivity contribution >= 4 is 5.97 Å². The summed E-state index contributed by atoms with van der Waals surface area (Å²) >= 11 is 0. The Labute approximate surface area is 116 Å². The highest BCUT2D eigenvalue weighted by Crippen LogP contribution is 2.05. The average Bonchev–Trinajstić information content (AvgIpc) is 2.93. The molecule has 0 spiro atoms. The smallest absolute Gasteiger partial charge is 0.358 e. The largest absolute Gasteiger partial charge is 0.476 e. The second kappa shape index (κ2) is 6.76. The van der Waals surface area contributed by atoms with Gasteiger partial charge in [0.05, 0.1) is 18.4 Å². The molecule has 0 unspecified atom stereocenters. The van der Waals surface area contributed by atoms with E-state index in [2.05, 4.69) is 33.6 Å². The van der Waals surface area contributed by atoms with Gasteiger partial charge in [0, 0.05) is 19.3 Å². The molecule has 2 heterocycles. The van der Waals surface area contributed by atoms with E-state index in [4.69, 9.17) is 5.11 Å². The van der Waals surface area contributed by atoms with Crippen LogP contribution in [0.3, 0.4) is 0 Å². The zero-order valence-electron chi connectivity index (χ0n) is 11.3. The van der Waals surface area contributed by atoms with Crippen LogP contribution in [0.15, 0.2) is 24.5 Å². The van der Waals surface area contributed by atoms with Crippen LogP contribution in [0.5, 0.6) is 0 Å². The monoisotopic (exact) mass is 275 g/mol. The molecule has 0 aliphatic rings. The van der Waals surface area contributed by atoms with Gasteiger partial charge in [0.15, 0.2) is 5.69 Å². The number of nitrogens with zero attached hydrogens (tertiary/aromatic N) is 4. The van der Waals surface area contributed by atoms with Crippen LogP contribution in [-0.2, 0) is 19.5 Å². The summed E-state index contributed by atoms with van der Waals surface area (Å²) in [5.74, 6) is -1.06. The fourth-order valence-electron chi connectivity index (χ4n) is 1.86. The maximum absolute atomic E-state index is 10.7. The van der Waals surface area contributed by atoms with Gasteiger partial charge < -0.3 is 10.4 Å². The molecule has 20 heavy (non-hydrogen) atoms. The second-order valence-corrected chi connectivity index (χ2v) is 4.31. The maximum atomic E-state index is 10.7. The molecule has 7 heteroatoms. The third-order valence-corrected chi connectivity index (χ3v) is 2.93. The van der Waals surface area contributed by atoms with Crippen LogP contribution in [0.4, 0.5) is 0 Å². The number of carbonyl (C=O) groups is 1. The molecule has 7 nitrogen and oxygen atoms in total. The first-order chi connectivity index (χ1) is 9.70. The molecule has 0 fully saturated rings. The molecule has 0 aliphatic carbocycles. The summed E-state index contributed by atoms with van der Waals surface area (Å²) in [6, 6.07) is 4.01. The fraction of sp³-hybridized carbons (Fsp3) is 0.385. The molecule has 0 saturated carbocycles. The van der Waals surface area contributed by atoms with Gasteiger partial charge in [-0.25, -0.2) is 4.79 Å². The Morgan fingerprint density at radius 2 is 2.35 bits per heavy atom. The Morgan fingerprint density at radius 3 is 3.05 bits per heavy atom. The summed E-state index contributed by atoms with van der Waals surface area (Å²) in [4.78, 5) is 15.0. The van der Waals surface area contributed by atoms with Crippen molar-refractivity contribution in [1.82, 2.24) is 25.3 Å². The van der Waals surface area contributed by atoms with Crippen LogP contribution >= 0.6 is 0 Å². The second-order valence-electron chi connectivity index (χ2n) is 4.31. The van der Waals surface area contributed by atoms with Crippen molar-refractivity contribution in [1.29, 1.82) is 0 Å². The lowest BCUT2D eigenvalue weighted by molar-refractivity contribution is 0.0690. The highest BCUT2D eigenvalue weighted by Gasteiger charge is 2.07. The van der Waals surface area contributed by atoms with E-state index in [0.717, 1.165) is 12.1 Å². The topological polar surface area (TPSA) is 92.9 Å². The van der Waals surface area contributed by atoms with Gasteiger partial charge in [0.25, 0.3) is 0 Å². The zero-order chi connectivity index (χ0) is 14.4. The lowest BCUT2D eigenvalue weighted by Gasteiger charge is -2.07. The van der Waals surface area contributed by atoms with Crippen LogP contribution < -0.4 is 5.32 Å². The Kier molecular flexibility index (Phi) is 4.78. The Balaban J connectivity index is 1.80. The Hall–Kier alpha value is -2.28. The number of aromatic nitrogens is 4. The zero-order valence-corrected chi connectivity index (χ0v) is 11.3. The molecule has 2 N–H and O–H groups in total. The molecule has 2 aromatic heterocycles.